The molecule has 1 aromatic carbocycles. The highest BCUT2D eigenvalue weighted by Crippen LogP contribution is 2.31. The van der Waals surface area contributed by atoms with Crippen LogP contribution < -0.4 is 5.32 Å². The largest absolute Gasteiger partial charge is 0.381 e. The molecule has 1 aliphatic carbocycles. The number of likely N-dealkylation sites (tertiary alicyclic amines) is 1. The Morgan fingerprint density at radius 1 is 1.29 bits per heavy atom. The van der Waals surface area contributed by atoms with Gasteiger partial charge in [0.05, 0.1) is 0 Å². The highest BCUT2D eigenvalue weighted by Gasteiger charge is 2.34. The molecule has 2 N–H and O–H groups in total. The molecular weight excluding hydrogens is 262 g/mol. The minimum Gasteiger partial charge on any atom is -0.381 e. The summed E-state index contributed by atoms with van der Waals surface area (Å²) in [5.41, 5.74) is 2.22. The number of aromatic amines is 1. The average Bonchev–Trinajstić information content (AvgIpc) is 3.09. The molecule has 0 bridgehead atoms. The zero-order chi connectivity index (χ0) is 14.2. The van der Waals surface area contributed by atoms with E-state index in [4.69, 9.17) is 0 Å². The molecule has 1 saturated carbocycles. The fourth-order valence-electron chi connectivity index (χ4n) is 3.13. The number of rotatable bonds is 4. The number of aromatic nitrogens is 3. The zero-order valence-corrected chi connectivity index (χ0v) is 12.3. The molecule has 1 aliphatic heterocycles. The smallest absolute Gasteiger partial charge is 0.181 e. The molecule has 2 aliphatic rings. The molecule has 1 aromatic heterocycles. The second-order valence-corrected chi connectivity index (χ2v) is 6.18. The molecule has 1 saturated heterocycles. The molecule has 5 heteroatoms. The Kier molecular flexibility index (Phi) is 3.15. The summed E-state index contributed by atoms with van der Waals surface area (Å²) in [5.74, 6) is 1.61. The molecule has 2 fully saturated rings. The molecule has 4 rings (SSSR count). The number of H-pyrrole nitrogens is 1. The van der Waals surface area contributed by atoms with Crippen LogP contribution in [0, 0.1) is 6.92 Å². The van der Waals surface area contributed by atoms with Crippen molar-refractivity contribution >= 4 is 5.69 Å². The lowest BCUT2D eigenvalue weighted by Gasteiger charge is -2.17. The Bertz CT molecular complexity index is 631. The third-order valence-electron chi connectivity index (χ3n) is 4.37. The Morgan fingerprint density at radius 3 is 2.95 bits per heavy atom. The summed E-state index contributed by atoms with van der Waals surface area (Å²) >= 11 is 0. The lowest BCUT2D eigenvalue weighted by molar-refractivity contribution is 0.326. The molecule has 1 unspecified atom stereocenters. The topological polar surface area (TPSA) is 56.8 Å². The molecule has 2 aromatic rings. The van der Waals surface area contributed by atoms with Gasteiger partial charge in [-0.2, -0.15) is 5.10 Å². The Morgan fingerprint density at radius 2 is 2.19 bits per heavy atom. The molecular formula is C16H21N5. The quantitative estimate of drug-likeness (QED) is 0.905. The van der Waals surface area contributed by atoms with Crippen molar-refractivity contribution in [2.45, 2.75) is 38.3 Å². The first kappa shape index (κ1) is 12.8. The van der Waals surface area contributed by atoms with Crippen LogP contribution in [0.15, 0.2) is 24.3 Å². The number of nitrogens with zero attached hydrogens (tertiary/aromatic N) is 3. The maximum atomic E-state index is 4.39. The molecule has 0 amide bonds. The minimum absolute atomic E-state index is 0.565. The number of hydrogen-bond acceptors (Lipinski definition) is 4. The maximum Gasteiger partial charge on any atom is 0.181 e. The van der Waals surface area contributed by atoms with Crippen molar-refractivity contribution in [3.63, 3.8) is 0 Å². The van der Waals surface area contributed by atoms with E-state index >= 15 is 0 Å². The minimum atomic E-state index is 0.565. The summed E-state index contributed by atoms with van der Waals surface area (Å²) in [7, 11) is 0. The highest BCUT2D eigenvalue weighted by molar-refractivity contribution is 5.62. The maximum absolute atomic E-state index is 4.39. The van der Waals surface area contributed by atoms with Gasteiger partial charge in [-0.25, -0.2) is 4.98 Å². The van der Waals surface area contributed by atoms with E-state index in [-0.39, 0.29) is 0 Å². The van der Waals surface area contributed by atoms with E-state index in [9.17, 15) is 0 Å². The predicted octanol–water partition coefficient (Wildman–Crippen LogP) is 2.43. The van der Waals surface area contributed by atoms with Gasteiger partial charge in [0.2, 0.25) is 0 Å². The van der Waals surface area contributed by atoms with E-state index in [1.165, 1.54) is 32.4 Å². The highest BCUT2D eigenvalue weighted by atomic mass is 15.2. The van der Waals surface area contributed by atoms with Gasteiger partial charge >= 0.3 is 0 Å². The van der Waals surface area contributed by atoms with Crippen LogP contribution in [0.2, 0.25) is 0 Å². The van der Waals surface area contributed by atoms with Crippen LogP contribution in [0.4, 0.5) is 5.69 Å². The molecule has 21 heavy (non-hydrogen) atoms. The van der Waals surface area contributed by atoms with Crippen molar-refractivity contribution < 1.29 is 0 Å². The first-order valence-corrected chi connectivity index (χ1v) is 7.78. The van der Waals surface area contributed by atoms with Crippen LogP contribution >= 0.6 is 0 Å². The van der Waals surface area contributed by atoms with Gasteiger partial charge in [-0.15, -0.1) is 0 Å². The lowest BCUT2D eigenvalue weighted by atomic mass is 10.1. The third-order valence-corrected chi connectivity index (χ3v) is 4.37. The first-order chi connectivity index (χ1) is 10.3. The van der Waals surface area contributed by atoms with Crippen LogP contribution in [0.3, 0.4) is 0 Å². The Labute approximate surface area is 124 Å². The average molecular weight is 283 g/mol. The van der Waals surface area contributed by atoms with E-state index in [0.717, 1.165) is 28.9 Å². The van der Waals surface area contributed by atoms with Gasteiger partial charge in [-0.3, -0.25) is 10.00 Å². The van der Waals surface area contributed by atoms with Crippen LogP contribution in [-0.2, 0) is 0 Å². The molecule has 1 atom stereocenters. The van der Waals surface area contributed by atoms with Crippen LogP contribution in [0.5, 0.6) is 0 Å². The fourth-order valence-corrected chi connectivity index (χ4v) is 3.13. The van der Waals surface area contributed by atoms with Crippen LogP contribution in [0.1, 0.15) is 25.1 Å². The van der Waals surface area contributed by atoms with E-state index in [0.29, 0.717) is 6.04 Å². The predicted molar refractivity (Wildman–Crippen MR) is 83.2 cm³/mol. The van der Waals surface area contributed by atoms with Crippen LogP contribution in [-0.4, -0.2) is 45.3 Å². The number of anilines is 1. The monoisotopic (exact) mass is 283 g/mol. The Balaban J connectivity index is 1.45. The van der Waals surface area contributed by atoms with Crippen molar-refractivity contribution in [1.29, 1.82) is 0 Å². The second-order valence-electron chi connectivity index (χ2n) is 6.18. The number of hydrogen-bond donors (Lipinski definition) is 2. The number of nitrogens with one attached hydrogen (secondary N) is 2. The van der Waals surface area contributed by atoms with Crippen molar-refractivity contribution in [1.82, 2.24) is 20.1 Å². The third kappa shape index (κ3) is 2.78. The van der Waals surface area contributed by atoms with Gasteiger partial charge in [-0.1, -0.05) is 12.1 Å². The van der Waals surface area contributed by atoms with Crippen molar-refractivity contribution in [2.75, 3.05) is 18.4 Å². The summed E-state index contributed by atoms with van der Waals surface area (Å²) in [5, 5.41) is 10.8. The lowest BCUT2D eigenvalue weighted by Crippen LogP contribution is -2.27. The molecule has 0 spiro atoms. The Hall–Kier alpha value is -1.88. The van der Waals surface area contributed by atoms with Gasteiger partial charge in [0.1, 0.15) is 5.82 Å². The number of aryl methyl sites for hydroxylation is 1. The normalized spacial score (nSPS) is 22.6. The SMILES string of the molecule is Cc1nc(-c2cccc(NC3CCN(C4CC4)C3)c2)n[nH]1. The van der Waals surface area contributed by atoms with Gasteiger partial charge in [-0.05, 0) is 38.3 Å². The van der Waals surface area contributed by atoms with E-state index < -0.39 is 0 Å². The summed E-state index contributed by atoms with van der Waals surface area (Å²) in [6, 6.07) is 9.83. The fraction of sp³-hybridized carbons (Fsp3) is 0.500. The number of benzene rings is 1. The van der Waals surface area contributed by atoms with E-state index in [2.05, 4.69) is 49.7 Å². The van der Waals surface area contributed by atoms with Gasteiger partial charge in [0.15, 0.2) is 5.82 Å². The summed E-state index contributed by atoms with van der Waals surface area (Å²) < 4.78 is 0. The first-order valence-electron chi connectivity index (χ1n) is 7.78. The van der Waals surface area contributed by atoms with Gasteiger partial charge in [0, 0.05) is 36.4 Å². The van der Waals surface area contributed by atoms with E-state index in [1.54, 1.807) is 0 Å². The molecule has 2 heterocycles. The standard InChI is InChI=1S/C16H21N5/c1-11-17-16(20-19-11)12-3-2-4-13(9-12)18-14-7-8-21(10-14)15-5-6-15/h2-4,9,14-15,18H,5-8,10H2,1H3,(H,17,19,20). The second kappa shape index (κ2) is 5.15. The summed E-state index contributed by atoms with van der Waals surface area (Å²) in [6.45, 7) is 4.33. The summed E-state index contributed by atoms with van der Waals surface area (Å²) in [6.07, 6.45) is 4.03. The van der Waals surface area contributed by atoms with Crippen molar-refractivity contribution in [2.24, 2.45) is 0 Å². The van der Waals surface area contributed by atoms with Gasteiger partial charge < -0.3 is 5.32 Å². The molecule has 5 nitrogen and oxygen atoms in total. The van der Waals surface area contributed by atoms with Gasteiger partial charge in [0.25, 0.3) is 0 Å². The van der Waals surface area contributed by atoms with Crippen molar-refractivity contribution in [3.05, 3.63) is 30.1 Å². The molecule has 0 radical (unpaired) electrons. The molecule has 110 valence electrons. The van der Waals surface area contributed by atoms with Crippen molar-refractivity contribution in [3.8, 4) is 11.4 Å². The van der Waals surface area contributed by atoms with E-state index in [1.807, 2.05) is 6.92 Å². The zero-order valence-electron chi connectivity index (χ0n) is 12.3. The summed E-state index contributed by atoms with van der Waals surface area (Å²) in [4.78, 5) is 7.02. The van der Waals surface area contributed by atoms with Crippen LogP contribution in [0.25, 0.3) is 11.4 Å².